The summed E-state index contributed by atoms with van der Waals surface area (Å²) in [5.41, 5.74) is 1.87. The Labute approximate surface area is 146 Å². The smallest absolute Gasteiger partial charge is 0.261 e. The summed E-state index contributed by atoms with van der Waals surface area (Å²) >= 11 is 0. The molecule has 0 amide bonds. The van der Waals surface area contributed by atoms with Gasteiger partial charge in [0, 0.05) is 5.69 Å². The van der Waals surface area contributed by atoms with Crippen LogP contribution in [0.5, 0.6) is 5.75 Å². The topological polar surface area (TPSA) is 55.4 Å². The number of benzene rings is 3. The van der Waals surface area contributed by atoms with Gasteiger partial charge in [0.25, 0.3) is 10.0 Å². The van der Waals surface area contributed by atoms with Crippen molar-refractivity contribution in [2.75, 3.05) is 11.8 Å². The molecule has 3 aromatic carbocycles. The van der Waals surface area contributed by atoms with Gasteiger partial charge >= 0.3 is 0 Å². The molecule has 0 saturated carbocycles. The molecule has 1 N–H and O–H groups in total. The molecule has 4 nitrogen and oxygen atoms in total. The molecule has 0 saturated heterocycles. The highest BCUT2D eigenvalue weighted by Crippen LogP contribution is 2.24. The van der Waals surface area contributed by atoms with E-state index in [9.17, 15) is 12.8 Å². The lowest BCUT2D eigenvalue weighted by Gasteiger charge is -2.10. The van der Waals surface area contributed by atoms with Crippen molar-refractivity contribution in [1.29, 1.82) is 0 Å². The number of methoxy groups -OCH3 is 1. The molecular weight excluding hydrogens is 341 g/mol. The maximum Gasteiger partial charge on any atom is 0.261 e. The Kier molecular flexibility index (Phi) is 4.72. The SMILES string of the molecule is COc1ccc(NS(=O)(=O)c2cccc(-c3ccc(F)cc3)c2)cc1. The van der Waals surface area contributed by atoms with Crippen LogP contribution in [0.25, 0.3) is 11.1 Å². The summed E-state index contributed by atoms with van der Waals surface area (Å²) in [5.74, 6) is 0.301. The second-order valence-corrected chi connectivity index (χ2v) is 7.05. The van der Waals surface area contributed by atoms with Gasteiger partial charge in [0.15, 0.2) is 0 Å². The van der Waals surface area contributed by atoms with E-state index in [0.29, 0.717) is 17.0 Å². The molecule has 0 aliphatic rings. The molecule has 25 heavy (non-hydrogen) atoms. The third-order valence-corrected chi connectivity index (χ3v) is 5.04. The predicted molar refractivity (Wildman–Crippen MR) is 95.6 cm³/mol. The first-order valence-electron chi connectivity index (χ1n) is 7.51. The average Bonchev–Trinajstić information content (AvgIpc) is 2.63. The molecule has 0 aromatic heterocycles. The van der Waals surface area contributed by atoms with Crippen molar-refractivity contribution in [3.63, 3.8) is 0 Å². The standard InChI is InChI=1S/C19H16FNO3S/c1-24-18-11-9-17(10-12-18)21-25(22,23)19-4-2-3-15(13-19)14-5-7-16(20)8-6-14/h2-13,21H,1H3. The van der Waals surface area contributed by atoms with Crippen molar-refractivity contribution in [1.82, 2.24) is 0 Å². The van der Waals surface area contributed by atoms with Crippen LogP contribution in [-0.4, -0.2) is 15.5 Å². The van der Waals surface area contributed by atoms with Crippen LogP contribution in [-0.2, 0) is 10.0 Å². The van der Waals surface area contributed by atoms with E-state index in [1.165, 1.54) is 18.2 Å². The fourth-order valence-corrected chi connectivity index (χ4v) is 3.46. The van der Waals surface area contributed by atoms with Crippen molar-refractivity contribution in [2.45, 2.75) is 4.90 Å². The van der Waals surface area contributed by atoms with Crippen molar-refractivity contribution >= 4 is 15.7 Å². The Morgan fingerprint density at radius 2 is 1.56 bits per heavy atom. The normalized spacial score (nSPS) is 11.1. The zero-order valence-electron chi connectivity index (χ0n) is 13.4. The highest BCUT2D eigenvalue weighted by Gasteiger charge is 2.15. The summed E-state index contributed by atoms with van der Waals surface area (Å²) in [6.45, 7) is 0. The Morgan fingerprint density at radius 3 is 2.20 bits per heavy atom. The summed E-state index contributed by atoms with van der Waals surface area (Å²) in [7, 11) is -2.19. The van der Waals surface area contributed by atoms with Gasteiger partial charge in [-0.25, -0.2) is 12.8 Å². The fourth-order valence-electron chi connectivity index (χ4n) is 2.36. The van der Waals surface area contributed by atoms with Gasteiger partial charge in [-0.2, -0.15) is 0 Å². The van der Waals surface area contributed by atoms with Gasteiger partial charge in [-0.1, -0.05) is 24.3 Å². The quantitative estimate of drug-likeness (QED) is 0.741. The first-order valence-corrected chi connectivity index (χ1v) is 8.99. The van der Waals surface area contributed by atoms with Crippen LogP contribution in [0.1, 0.15) is 0 Å². The first-order chi connectivity index (χ1) is 12.0. The van der Waals surface area contributed by atoms with Crippen molar-refractivity contribution in [3.8, 4) is 16.9 Å². The monoisotopic (exact) mass is 357 g/mol. The highest BCUT2D eigenvalue weighted by atomic mass is 32.2. The maximum atomic E-state index is 13.1. The van der Waals surface area contributed by atoms with Gasteiger partial charge in [-0.15, -0.1) is 0 Å². The minimum atomic E-state index is -3.74. The van der Waals surface area contributed by atoms with Crippen LogP contribution in [0, 0.1) is 5.82 Å². The van der Waals surface area contributed by atoms with E-state index < -0.39 is 10.0 Å². The second kappa shape index (κ2) is 6.94. The van der Waals surface area contributed by atoms with Gasteiger partial charge in [-0.3, -0.25) is 4.72 Å². The van der Waals surface area contributed by atoms with E-state index in [4.69, 9.17) is 4.74 Å². The molecule has 0 radical (unpaired) electrons. The molecule has 0 unspecified atom stereocenters. The number of nitrogens with one attached hydrogen (secondary N) is 1. The van der Waals surface area contributed by atoms with E-state index in [1.54, 1.807) is 61.7 Å². The molecule has 0 aliphatic carbocycles. The summed E-state index contributed by atoms with van der Waals surface area (Å²) in [6.07, 6.45) is 0. The lowest BCUT2D eigenvalue weighted by molar-refractivity contribution is 0.415. The molecule has 0 aliphatic heterocycles. The number of hydrogen-bond donors (Lipinski definition) is 1. The van der Waals surface area contributed by atoms with Gasteiger partial charge < -0.3 is 4.74 Å². The Balaban J connectivity index is 1.89. The number of halogens is 1. The lowest BCUT2D eigenvalue weighted by atomic mass is 10.1. The van der Waals surface area contributed by atoms with Gasteiger partial charge in [0.2, 0.25) is 0 Å². The van der Waals surface area contributed by atoms with E-state index >= 15 is 0 Å². The summed E-state index contributed by atoms with van der Waals surface area (Å²) in [6, 6.07) is 19.0. The van der Waals surface area contributed by atoms with Crippen molar-refractivity contribution in [3.05, 3.63) is 78.6 Å². The number of ether oxygens (including phenoxy) is 1. The van der Waals surface area contributed by atoms with Crippen LogP contribution in [0.3, 0.4) is 0 Å². The maximum absolute atomic E-state index is 13.1. The van der Waals surface area contributed by atoms with Gasteiger partial charge in [0.1, 0.15) is 11.6 Å². The van der Waals surface area contributed by atoms with E-state index in [-0.39, 0.29) is 10.7 Å². The molecule has 3 rings (SSSR count). The number of sulfonamides is 1. The molecule has 128 valence electrons. The largest absolute Gasteiger partial charge is 0.497 e. The second-order valence-electron chi connectivity index (χ2n) is 5.37. The molecular formula is C19H16FNO3S. The molecule has 0 atom stereocenters. The summed E-state index contributed by atoms with van der Waals surface area (Å²) in [5, 5.41) is 0. The molecule has 0 bridgehead atoms. The molecule has 3 aromatic rings. The van der Waals surface area contributed by atoms with Crippen molar-refractivity contribution in [2.24, 2.45) is 0 Å². The highest BCUT2D eigenvalue weighted by molar-refractivity contribution is 7.92. The minimum absolute atomic E-state index is 0.130. The minimum Gasteiger partial charge on any atom is -0.497 e. The van der Waals surface area contributed by atoms with Crippen LogP contribution in [0.4, 0.5) is 10.1 Å². The third-order valence-electron chi connectivity index (χ3n) is 3.66. The third kappa shape index (κ3) is 3.97. The zero-order chi connectivity index (χ0) is 17.9. The van der Waals surface area contributed by atoms with Gasteiger partial charge in [-0.05, 0) is 59.7 Å². The Bertz CT molecular complexity index is 968. The molecule has 0 fully saturated rings. The Morgan fingerprint density at radius 1 is 0.880 bits per heavy atom. The number of hydrogen-bond acceptors (Lipinski definition) is 3. The number of anilines is 1. The van der Waals surface area contributed by atoms with Gasteiger partial charge in [0.05, 0.1) is 12.0 Å². The van der Waals surface area contributed by atoms with Crippen LogP contribution in [0.2, 0.25) is 0 Å². The number of rotatable bonds is 5. The average molecular weight is 357 g/mol. The van der Waals surface area contributed by atoms with E-state index in [0.717, 1.165) is 5.56 Å². The zero-order valence-corrected chi connectivity index (χ0v) is 14.3. The van der Waals surface area contributed by atoms with Crippen molar-refractivity contribution < 1.29 is 17.5 Å². The first kappa shape index (κ1) is 17.0. The molecule has 6 heteroatoms. The van der Waals surface area contributed by atoms with Crippen LogP contribution in [0.15, 0.2) is 77.7 Å². The van der Waals surface area contributed by atoms with Crippen LogP contribution < -0.4 is 9.46 Å². The van der Waals surface area contributed by atoms with E-state index in [1.807, 2.05) is 0 Å². The van der Waals surface area contributed by atoms with E-state index in [2.05, 4.69) is 4.72 Å². The fraction of sp³-hybridized carbons (Fsp3) is 0.0526. The van der Waals surface area contributed by atoms with Crippen LogP contribution >= 0.6 is 0 Å². The summed E-state index contributed by atoms with van der Waals surface area (Å²) < 4.78 is 45.8. The predicted octanol–water partition coefficient (Wildman–Crippen LogP) is 4.30. The molecule has 0 heterocycles. The molecule has 0 spiro atoms. The summed E-state index contributed by atoms with van der Waals surface area (Å²) in [4.78, 5) is 0.130. The lowest BCUT2D eigenvalue weighted by Crippen LogP contribution is -2.12. The Hall–Kier alpha value is -2.86.